The molecule has 2 aliphatic rings. The maximum atomic E-state index is 10.1. The van der Waals surface area contributed by atoms with Crippen molar-refractivity contribution in [2.24, 2.45) is 0 Å². The first-order chi connectivity index (χ1) is 9.25. The third-order valence-corrected chi connectivity index (χ3v) is 4.44. The third-order valence-electron chi connectivity index (χ3n) is 4.44. The van der Waals surface area contributed by atoms with Gasteiger partial charge in [0.1, 0.15) is 0 Å². The highest BCUT2D eigenvalue weighted by molar-refractivity contribution is 5.31. The minimum absolute atomic E-state index is 0.243. The predicted octanol–water partition coefficient (Wildman–Crippen LogP) is 1.50. The highest BCUT2D eigenvalue weighted by atomic mass is 16.5. The van der Waals surface area contributed by atoms with Gasteiger partial charge in [-0.25, -0.2) is 0 Å². The monoisotopic (exact) mass is 264 g/mol. The van der Waals surface area contributed by atoms with Gasteiger partial charge in [0.15, 0.2) is 0 Å². The van der Waals surface area contributed by atoms with E-state index in [9.17, 15) is 5.11 Å². The molecule has 1 aliphatic carbocycles. The number of fused-ring (bicyclic) bond motifs is 1. The summed E-state index contributed by atoms with van der Waals surface area (Å²) in [6, 6.07) is 2.18. The molecule has 1 atom stereocenters. The fourth-order valence-electron chi connectivity index (χ4n) is 3.32. The molecule has 1 aromatic heterocycles. The number of hydrogen-bond acceptors (Lipinski definition) is 3. The van der Waals surface area contributed by atoms with Gasteiger partial charge in [-0.1, -0.05) is 0 Å². The lowest BCUT2D eigenvalue weighted by Gasteiger charge is -2.28. The molecular weight excluding hydrogens is 240 g/mol. The van der Waals surface area contributed by atoms with E-state index in [1.165, 1.54) is 17.0 Å². The Morgan fingerprint density at radius 3 is 2.89 bits per heavy atom. The molecule has 3 rings (SSSR count). The van der Waals surface area contributed by atoms with Crippen LogP contribution in [-0.2, 0) is 17.7 Å². The Hall–Kier alpha value is -0.840. The van der Waals surface area contributed by atoms with Crippen LogP contribution in [0.2, 0.25) is 0 Å². The van der Waals surface area contributed by atoms with Crippen LogP contribution in [0.5, 0.6) is 0 Å². The topological polar surface area (TPSA) is 37.6 Å². The van der Waals surface area contributed by atoms with Gasteiger partial charge in [-0.3, -0.25) is 4.90 Å². The summed E-state index contributed by atoms with van der Waals surface area (Å²) in [6.07, 6.45) is 2.89. The van der Waals surface area contributed by atoms with Gasteiger partial charge in [-0.2, -0.15) is 0 Å². The summed E-state index contributed by atoms with van der Waals surface area (Å²) in [6.45, 7) is 8.10. The highest BCUT2D eigenvalue weighted by Gasteiger charge is 2.23. The molecule has 0 bridgehead atoms. The van der Waals surface area contributed by atoms with Crippen LogP contribution in [0.1, 0.15) is 35.9 Å². The van der Waals surface area contributed by atoms with Crippen molar-refractivity contribution in [3.05, 3.63) is 23.0 Å². The Bertz CT molecular complexity index is 436. The van der Waals surface area contributed by atoms with E-state index in [0.29, 0.717) is 0 Å². The van der Waals surface area contributed by atoms with Crippen molar-refractivity contribution >= 4 is 0 Å². The Labute approximate surface area is 115 Å². The standard InChI is InChI=1S/C15H24N2O2/c1-12-11-13-14(3-2-4-15(13)18)17(12)6-5-16-7-9-19-10-8-16/h11,15,18H,2-10H2,1H3. The summed E-state index contributed by atoms with van der Waals surface area (Å²) in [5.41, 5.74) is 3.83. The predicted molar refractivity (Wildman–Crippen MR) is 74.3 cm³/mol. The molecule has 4 heteroatoms. The largest absolute Gasteiger partial charge is 0.388 e. The van der Waals surface area contributed by atoms with E-state index < -0.39 is 0 Å². The van der Waals surface area contributed by atoms with Crippen molar-refractivity contribution in [2.45, 2.75) is 38.8 Å². The summed E-state index contributed by atoms with van der Waals surface area (Å²) < 4.78 is 7.79. The van der Waals surface area contributed by atoms with Crippen molar-refractivity contribution in [1.82, 2.24) is 9.47 Å². The zero-order valence-electron chi connectivity index (χ0n) is 11.8. The molecular formula is C15H24N2O2. The average Bonchev–Trinajstić information content (AvgIpc) is 2.75. The van der Waals surface area contributed by atoms with Crippen molar-refractivity contribution < 1.29 is 9.84 Å². The Morgan fingerprint density at radius 1 is 1.32 bits per heavy atom. The molecule has 0 spiro atoms. The van der Waals surface area contributed by atoms with Crippen LogP contribution in [0, 0.1) is 6.92 Å². The lowest BCUT2D eigenvalue weighted by Crippen LogP contribution is -2.38. The molecule has 1 unspecified atom stereocenters. The van der Waals surface area contributed by atoms with Gasteiger partial charge >= 0.3 is 0 Å². The molecule has 1 fully saturated rings. The number of aryl methyl sites for hydroxylation is 1. The Balaban J connectivity index is 1.70. The second-order valence-electron chi connectivity index (χ2n) is 5.70. The van der Waals surface area contributed by atoms with E-state index in [4.69, 9.17) is 4.74 Å². The van der Waals surface area contributed by atoms with Crippen LogP contribution >= 0.6 is 0 Å². The van der Waals surface area contributed by atoms with E-state index in [-0.39, 0.29) is 6.10 Å². The number of aliphatic hydroxyl groups is 1. The number of rotatable bonds is 3. The van der Waals surface area contributed by atoms with Crippen molar-refractivity contribution in [1.29, 1.82) is 0 Å². The van der Waals surface area contributed by atoms with Gasteiger partial charge in [0.25, 0.3) is 0 Å². The molecule has 1 N–H and O–H groups in total. The van der Waals surface area contributed by atoms with E-state index in [0.717, 1.165) is 58.7 Å². The van der Waals surface area contributed by atoms with Gasteiger partial charge in [0, 0.05) is 43.1 Å². The Kier molecular flexibility index (Phi) is 3.91. The third kappa shape index (κ3) is 2.71. The number of aliphatic hydroxyl groups excluding tert-OH is 1. The molecule has 1 aliphatic heterocycles. The zero-order chi connectivity index (χ0) is 13.2. The van der Waals surface area contributed by atoms with Gasteiger partial charge in [-0.15, -0.1) is 0 Å². The summed E-state index contributed by atoms with van der Waals surface area (Å²) in [4.78, 5) is 2.47. The molecule has 1 saturated heterocycles. The SMILES string of the molecule is Cc1cc2c(n1CCN1CCOCC1)CCCC2O. The van der Waals surface area contributed by atoms with Crippen LogP contribution in [0.4, 0.5) is 0 Å². The quantitative estimate of drug-likeness (QED) is 0.899. The second-order valence-corrected chi connectivity index (χ2v) is 5.70. The molecule has 106 valence electrons. The number of ether oxygens (including phenoxy) is 1. The van der Waals surface area contributed by atoms with Crippen LogP contribution < -0.4 is 0 Å². The van der Waals surface area contributed by atoms with Gasteiger partial charge in [0.05, 0.1) is 19.3 Å². The van der Waals surface area contributed by atoms with Crippen molar-refractivity contribution in [2.75, 3.05) is 32.8 Å². The molecule has 1 aromatic rings. The summed E-state index contributed by atoms with van der Waals surface area (Å²) in [7, 11) is 0. The lowest BCUT2D eigenvalue weighted by molar-refractivity contribution is 0.0362. The van der Waals surface area contributed by atoms with E-state index in [2.05, 4.69) is 22.5 Å². The fourth-order valence-corrected chi connectivity index (χ4v) is 3.32. The minimum Gasteiger partial charge on any atom is -0.388 e. The fraction of sp³-hybridized carbons (Fsp3) is 0.733. The summed E-state index contributed by atoms with van der Waals surface area (Å²) >= 11 is 0. The Morgan fingerprint density at radius 2 is 2.11 bits per heavy atom. The molecule has 0 saturated carbocycles. The van der Waals surface area contributed by atoms with Crippen LogP contribution in [-0.4, -0.2) is 47.4 Å². The van der Waals surface area contributed by atoms with E-state index >= 15 is 0 Å². The van der Waals surface area contributed by atoms with E-state index in [1.54, 1.807) is 0 Å². The molecule has 0 aromatic carbocycles. The number of aromatic nitrogens is 1. The number of morpholine rings is 1. The van der Waals surface area contributed by atoms with E-state index in [1.807, 2.05) is 0 Å². The molecule has 0 amide bonds. The number of nitrogens with zero attached hydrogens (tertiary/aromatic N) is 2. The lowest BCUT2D eigenvalue weighted by atomic mass is 9.95. The maximum absolute atomic E-state index is 10.1. The number of hydrogen-bond donors (Lipinski definition) is 1. The molecule has 4 nitrogen and oxygen atoms in total. The minimum atomic E-state index is -0.243. The molecule has 2 heterocycles. The van der Waals surface area contributed by atoms with Gasteiger partial charge in [-0.05, 0) is 32.3 Å². The first-order valence-electron chi connectivity index (χ1n) is 7.43. The van der Waals surface area contributed by atoms with Crippen molar-refractivity contribution in [3.8, 4) is 0 Å². The molecule has 0 radical (unpaired) electrons. The van der Waals surface area contributed by atoms with Gasteiger partial charge < -0.3 is 14.4 Å². The first-order valence-corrected chi connectivity index (χ1v) is 7.43. The van der Waals surface area contributed by atoms with Crippen molar-refractivity contribution in [3.63, 3.8) is 0 Å². The normalized spacial score (nSPS) is 24.4. The van der Waals surface area contributed by atoms with Crippen LogP contribution in [0.15, 0.2) is 6.07 Å². The smallest absolute Gasteiger partial charge is 0.0807 e. The molecule has 19 heavy (non-hydrogen) atoms. The highest BCUT2D eigenvalue weighted by Crippen LogP contribution is 2.32. The van der Waals surface area contributed by atoms with Crippen LogP contribution in [0.25, 0.3) is 0 Å². The zero-order valence-corrected chi connectivity index (χ0v) is 11.8. The maximum Gasteiger partial charge on any atom is 0.0807 e. The summed E-state index contributed by atoms with van der Waals surface area (Å²) in [5.74, 6) is 0. The summed E-state index contributed by atoms with van der Waals surface area (Å²) in [5, 5.41) is 10.1. The first kappa shape index (κ1) is 13.2. The second kappa shape index (κ2) is 5.65. The average molecular weight is 264 g/mol. The van der Waals surface area contributed by atoms with Gasteiger partial charge in [0.2, 0.25) is 0 Å². The van der Waals surface area contributed by atoms with Crippen LogP contribution in [0.3, 0.4) is 0 Å².